The zero-order chi connectivity index (χ0) is 18.7. The highest BCUT2D eigenvalue weighted by molar-refractivity contribution is 9.10. The van der Waals surface area contributed by atoms with Crippen LogP contribution in [0.4, 0.5) is 5.69 Å². The molecule has 0 aliphatic heterocycles. The molecule has 1 amide bonds. The van der Waals surface area contributed by atoms with Gasteiger partial charge in [0.25, 0.3) is 5.91 Å². The van der Waals surface area contributed by atoms with Crippen LogP contribution in [0.2, 0.25) is 0 Å². The number of aromatic nitrogens is 1. The average Bonchev–Trinajstić information content (AvgIpc) is 2.66. The minimum Gasteiger partial charge on any atom is -0.494 e. The van der Waals surface area contributed by atoms with Gasteiger partial charge in [0.15, 0.2) is 0 Å². The zero-order valence-electron chi connectivity index (χ0n) is 14.9. The molecule has 0 unspecified atom stereocenters. The van der Waals surface area contributed by atoms with E-state index in [1.807, 2.05) is 55.4 Å². The van der Waals surface area contributed by atoms with E-state index in [1.165, 1.54) is 0 Å². The van der Waals surface area contributed by atoms with E-state index in [0.717, 1.165) is 21.1 Å². The molecule has 1 aromatic heterocycles. The van der Waals surface area contributed by atoms with Crippen LogP contribution in [0.1, 0.15) is 15.9 Å². The second kappa shape index (κ2) is 7.74. The number of methoxy groups -OCH3 is 1. The van der Waals surface area contributed by atoms with Crippen LogP contribution in [0, 0.1) is 0 Å². The highest BCUT2D eigenvalue weighted by Crippen LogP contribution is 2.32. The first-order valence-electron chi connectivity index (χ1n) is 8.17. The first kappa shape index (κ1) is 18.2. The van der Waals surface area contributed by atoms with Gasteiger partial charge in [-0.1, -0.05) is 28.1 Å². The summed E-state index contributed by atoms with van der Waals surface area (Å²) in [7, 11) is 5.59. The van der Waals surface area contributed by atoms with Crippen molar-refractivity contribution in [2.24, 2.45) is 0 Å². The predicted molar refractivity (Wildman–Crippen MR) is 108 cm³/mol. The number of carbonyl (C=O) groups is 1. The van der Waals surface area contributed by atoms with Gasteiger partial charge in [-0.2, -0.15) is 0 Å². The van der Waals surface area contributed by atoms with Gasteiger partial charge < -0.3 is 15.0 Å². The molecule has 6 heteroatoms. The Labute approximate surface area is 161 Å². The Morgan fingerprint density at radius 2 is 1.88 bits per heavy atom. The van der Waals surface area contributed by atoms with Crippen molar-refractivity contribution in [1.82, 2.24) is 10.3 Å². The highest BCUT2D eigenvalue weighted by atomic mass is 79.9. The molecule has 0 spiro atoms. The minimum absolute atomic E-state index is 0.150. The van der Waals surface area contributed by atoms with Crippen molar-refractivity contribution in [3.05, 3.63) is 64.3 Å². The molecule has 3 rings (SSSR count). The lowest BCUT2D eigenvalue weighted by Gasteiger charge is -2.13. The lowest BCUT2D eigenvalue weighted by Crippen LogP contribution is -2.23. The van der Waals surface area contributed by atoms with Gasteiger partial charge in [0.1, 0.15) is 11.3 Å². The standard InChI is InChI=1S/C20H20BrN3O2/c1-24(2)14-6-4-13(5-7-14)12-23-20(25)15-10-11-22-19-17(26-3)9-8-16(21)18(15)19/h4-11H,12H2,1-3H3,(H,23,25). The Morgan fingerprint density at radius 3 is 2.54 bits per heavy atom. The number of nitrogens with zero attached hydrogens (tertiary/aromatic N) is 2. The fourth-order valence-corrected chi connectivity index (χ4v) is 3.28. The number of halogens is 1. The number of hydrogen-bond donors (Lipinski definition) is 1. The third kappa shape index (κ3) is 3.65. The summed E-state index contributed by atoms with van der Waals surface area (Å²) in [6, 6.07) is 13.5. The van der Waals surface area contributed by atoms with E-state index < -0.39 is 0 Å². The van der Waals surface area contributed by atoms with Gasteiger partial charge in [0.05, 0.1) is 12.7 Å². The fraction of sp³-hybridized carbons (Fsp3) is 0.200. The second-order valence-corrected chi connectivity index (χ2v) is 6.93. The molecule has 0 saturated heterocycles. The number of anilines is 1. The third-order valence-corrected chi connectivity index (χ3v) is 4.84. The molecule has 0 aliphatic rings. The van der Waals surface area contributed by atoms with Crippen LogP contribution >= 0.6 is 15.9 Å². The number of nitrogens with one attached hydrogen (secondary N) is 1. The first-order chi connectivity index (χ1) is 12.5. The van der Waals surface area contributed by atoms with Crippen LogP contribution < -0.4 is 15.0 Å². The number of ether oxygens (including phenoxy) is 1. The summed E-state index contributed by atoms with van der Waals surface area (Å²) >= 11 is 3.52. The second-order valence-electron chi connectivity index (χ2n) is 6.08. The monoisotopic (exact) mass is 413 g/mol. The molecule has 26 heavy (non-hydrogen) atoms. The quantitative estimate of drug-likeness (QED) is 0.686. The summed E-state index contributed by atoms with van der Waals surface area (Å²) in [5, 5.41) is 3.72. The Morgan fingerprint density at radius 1 is 1.15 bits per heavy atom. The van der Waals surface area contributed by atoms with E-state index in [9.17, 15) is 4.79 Å². The number of pyridine rings is 1. The zero-order valence-corrected chi connectivity index (χ0v) is 16.5. The predicted octanol–water partition coefficient (Wildman–Crippen LogP) is 4.00. The average molecular weight is 414 g/mol. The summed E-state index contributed by atoms with van der Waals surface area (Å²) in [6.07, 6.45) is 1.62. The molecule has 134 valence electrons. The molecule has 0 aliphatic carbocycles. The summed E-state index contributed by atoms with van der Waals surface area (Å²) in [4.78, 5) is 19.1. The van der Waals surface area contributed by atoms with Gasteiger partial charge in [-0.15, -0.1) is 0 Å². The summed E-state index contributed by atoms with van der Waals surface area (Å²) in [6.45, 7) is 0.456. The SMILES string of the molecule is COc1ccc(Br)c2c(C(=O)NCc3ccc(N(C)C)cc3)ccnc12. The normalized spacial score (nSPS) is 10.6. The number of carbonyl (C=O) groups excluding carboxylic acids is 1. The van der Waals surface area contributed by atoms with Crippen molar-refractivity contribution in [2.45, 2.75) is 6.54 Å². The van der Waals surface area contributed by atoms with Crippen molar-refractivity contribution >= 4 is 38.4 Å². The molecule has 2 aromatic carbocycles. The Kier molecular flexibility index (Phi) is 5.42. The molecular formula is C20H20BrN3O2. The Hall–Kier alpha value is -2.60. The van der Waals surface area contributed by atoms with Crippen LogP contribution in [0.3, 0.4) is 0 Å². The van der Waals surface area contributed by atoms with E-state index in [0.29, 0.717) is 23.4 Å². The fourth-order valence-electron chi connectivity index (χ4n) is 2.74. The number of benzene rings is 2. The Bertz CT molecular complexity index is 940. The first-order valence-corrected chi connectivity index (χ1v) is 8.96. The lowest BCUT2D eigenvalue weighted by atomic mass is 10.1. The highest BCUT2D eigenvalue weighted by Gasteiger charge is 2.15. The number of rotatable bonds is 5. The summed E-state index contributed by atoms with van der Waals surface area (Å²) < 4.78 is 6.17. The van der Waals surface area contributed by atoms with E-state index >= 15 is 0 Å². The maximum Gasteiger partial charge on any atom is 0.252 e. The van der Waals surface area contributed by atoms with Crippen LogP contribution in [0.5, 0.6) is 5.75 Å². The van der Waals surface area contributed by atoms with Gasteiger partial charge in [-0.25, -0.2) is 0 Å². The molecule has 0 radical (unpaired) electrons. The van der Waals surface area contributed by atoms with Crippen molar-refractivity contribution in [1.29, 1.82) is 0 Å². The van der Waals surface area contributed by atoms with E-state index in [2.05, 4.69) is 26.2 Å². The maximum atomic E-state index is 12.8. The molecular weight excluding hydrogens is 394 g/mol. The molecule has 0 bridgehead atoms. The van der Waals surface area contributed by atoms with Crippen LogP contribution in [-0.2, 0) is 6.54 Å². The minimum atomic E-state index is -0.150. The van der Waals surface area contributed by atoms with Crippen molar-refractivity contribution < 1.29 is 9.53 Å². The largest absolute Gasteiger partial charge is 0.494 e. The number of fused-ring (bicyclic) bond motifs is 1. The lowest BCUT2D eigenvalue weighted by molar-refractivity contribution is 0.0952. The molecule has 1 N–H and O–H groups in total. The number of hydrogen-bond acceptors (Lipinski definition) is 4. The summed E-state index contributed by atoms with van der Waals surface area (Å²) in [5.41, 5.74) is 3.38. The van der Waals surface area contributed by atoms with E-state index in [4.69, 9.17) is 4.74 Å². The van der Waals surface area contributed by atoms with Crippen molar-refractivity contribution in [2.75, 3.05) is 26.1 Å². The smallest absolute Gasteiger partial charge is 0.252 e. The van der Waals surface area contributed by atoms with Gasteiger partial charge in [0, 0.05) is 42.4 Å². The van der Waals surface area contributed by atoms with Crippen molar-refractivity contribution in [3.63, 3.8) is 0 Å². The summed E-state index contributed by atoms with van der Waals surface area (Å²) in [5.74, 6) is 0.486. The van der Waals surface area contributed by atoms with Crippen LogP contribution in [-0.4, -0.2) is 32.1 Å². The van der Waals surface area contributed by atoms with E-state index in [-0.39, 0.29) is 5.91 Å². The van der Waals surface area contributed by atoms with Crippen LogP contribution in [0.25, 0.3) is 10.9 Å². The van der Waals surface area contributed by atoms with Gasteiger partial charge in [-0.05, 0) is 35.9 Å². The van der Waals surface area contributed by atoms with Gasteiger partial charge in [-0.3, -0.25) is 9.78 Å². The molecule has 0 saturated carbocycles. The Balaban J connectivity index is 1.84. The van der Waals surface area contributed by atoms with E-state index in [1.54, 1.807) is 19.4 Å². The number of amides is 1. The topological polar surface area (TPSA) is 54.5 Å². The molecule has 5 nitrogen and oxygen atoms in total. The molecule has 0 atom stereocenters. The van der Waals surface area contributed by atoms with Crippen molar-refractivity contribution in [3.8, 4) is 5.75 Å². The molecule has 0 fully saturated rings. The van der Waals surface area contributed by atoms with Gasteiger partial charge in [0.2, 0.25) is 0 Å². The third-order valence-electron chi connectivity index (χ3n) is 4.17. The van der Waals surface area contributed by atoms with Gasteiger partial charge >= 0.3 is 0 Å². The van der Waals surface area contributed by atoms with Crippen LogP contribution in [0.15, 0.2) is 53.1 Å². The molecule has 3 aromatic rings. The molecule has 1 heterocycles. The maximum absolute atomic E-state index is 12.8.